The average Bonchev–Trinajstić information content (AvgIpc) is 2.75. The van der Waals surface area contributed by atoms with Gasteiger partial charge in [-0.3, -0.25) is 19.6 Å². The van der Waals surface area contributed by atoms with Crippen LogP contribution in [0.25, 0.3) is 0 Å². The van der Waals surface area contributed by atoms with Crippen molar-refractivity contribution in [1.82, 2.24) is 24.7 Å². The number of nitrogens with two attached hydrogens (primary N) is 1. The second-order valence-corrected chi connectivity index (χ2v) is 8.06. The first kappa shape index (κ1) is 19.8. The summed E-state index contributed by atoms with van der Waals surface area (Å²) in [6.07, 6.45) is 5.47. The Kier molecular flexibility index (Phi) is 6.36. The van der Waals surface area contributed by atoms with Crippen molar-refractivity contribution in [2.75, 3.05) is 45.0 Å². The van der Waals surface area contributed by atoms with Gasteiger partial charge in [-0.25, -0.2) is 4.98 Å². The van der Waals surface area contributed by atoms with E-state index < -0.39 is 0 Å². The van der Waals surface area contributed by atoms with E-state index in [2.05, 4.69) is 30.7 Å². The van der Waals surface area contributed by atoms with Crippen LogP contribution in [0.15, 0.2) is 42.7 Å². The second kappa shape index (κ2) is 9.33. The highest BCUT2D eigenvalue weighted by Gasteiger charge is 2.30. The topological polar surface area (TPSA) is 78.6 Å². The van der Waals surface area contributed by atoms with Crippen molar-refractivity contribution in [1.29, 1.82) is 0 Å². The summed E-state index contributed by atoms with van der Waals surface area (Å²) in [6.45, 7) is 7.14. The van der Waals surface area contributed by atoms with Crippen LogP contribution in [-0.4, -0.2) is 69.8 Å². The van der Waals surface area contributed by atoms with Gasteiger partial charge in [0.05, 0.1) is 5.69 Å². The first-order valence-corrected chi connectivity index (χ1v) is 10.5. The Balaban J connectivity index is 1.21. The zero-order valence-corrected chi connectivity index (χ0v) is 16.9. The minimum absolute atomic E-state index is 0.163. The lowest BCUT2D eigenvalue weighted by molar-refractivity contribution is -0.139. The van der Waals surface area contributed by atoms with E-state index in [4.69, 9.17) is 5.73 Å². The van der Waals surface area contributed by atoms with Crippen LogP contribution in [0.1, 0.15) is 24.1 Å². The van der Waals surface area contributed by atoms with Gasteiger partial charge in [-0.15, -0.1) is 0 Å². The summed E-state index contributed by atoms with van der Waals surface area (Å²) < 4.78 is 0. The number of piperazine rings is 1. The number of carbonyl (C=O) groups excluding carboxylic acids is 1. The lowest BCUT2D eigenvalue weighted by atomic mass is 9.94. The molecule has 2 N–H and O–H groups in total. The maximum atomic E-state index is 13.0. The van der Waals surface area contributed by atoms with Gasteiger partial charge < -0.3 is 10.6 Å². The summed E-state index contributed by atoms with van der Waals surface area (Å²) in [6, 6.07) is 9.97. The quantitative estimate of drug-likeness (QED) is 0.830. The van der Waals surface area contributed by atoms with Gasteiger partial charge in [0.15, 0.2) is 0 Å². The van der Waals surface area contributed by atoms with Gasteiger partial charge in [0.25, 0.3) is 0 Å². The first-order chi connectivity index (χ1) is 14.2. The molecule has 154 valence electrons. The molecule has 0 aromatic carbocycles. The molecular formula is C22H30N6O. The monoisotopic (exact) mass is 394 g/mol. The molecule has 7 heteroatoms. The predicted molar refractivity (Wildman–Crippen MR) is 113 cm³/mol. The van der Waals surface area contributed by atoms with E-state index in [-0.39, 0.29) is 5.92 Å². The van der Waals surface area contributed by atoms with Crippen molar-refractivity contribution in [3.8, 4) is 0 Å². The molecule has 2 aliphatic rings. The van der Waals surface area contributed by atoms with Crippen molar-refractivity contribution in [2.24, 2.45) is 5.92 Å². The third-order valence-electron chi connectivity index (χ3n) is 5.98. The molecule has 4 heterocycles. The van der Waals surface area contributed by atoms with Gasteiger partial charge in [0.1, 0.15) is 5.82 Å². The highest BCUT2D eigenvalue weighted by atomic mass is 16.2. The third-order valence-corrected chi connectivity index (χ3v) is 5.98. The fourth-order valence-corrected chi connectivity index (χ4v) is 4.29. The first-order valence-electron chi connectivity index (χ1n) is 10.5. The summed E-state index contributed by atoms with van der Waals surface area (Å²) in [5, 5.41) is 0. The van der Waals surface area contributed by atoms with Crippen LogP contribution in [0.2, 0.25) is 0 Å². The lowest BCUT2D eigenvalue weighted by Gasteiger charge is -2.38. The number of amides is 1. The van der Waals surface area contributed by atoms with E-state index in [0.29, 0.717) is 11.7 Å². The van der Waals surface area contributed by atoms with E-state index in [1.54, 1.807) is 6.20 Å². The molecule has 2 fully saturated rings. The van der Waals surface area contributed by atoms with E-state index in [1.807, 2.05) is 30.5 Å². The SMILES string of the molecule is Nc1cc(CN2CCC(C(=O)N3CCN(Cc4ccccn4)CC3)CC2)ccn1. The Morgan fingerprint density at radius 2 is 1.69 bits per heavy atom. The number of rotatable bonds is 5. The summed E-state index contributed by atoms with van der Waals surface area (Å²) in [5.41, 5.74) is 8.05. The number of carbonyl (C=O) groups is 1. The van der Waals surface area contributed by atoms with Gasteiger partial charge in [-0.05, 0) is 55.8 Å². The standard InChI is InChI=1S/C22H30N6O/c23-21-15-18(4-8-25-21)16-26-9-5-19(6-10-26)22(29)28-13-11-27(12-14-28)17-20-3-1-2-7-24-20/h1-4,7-8,15,19H,5-6,9-14,16-17H2,(H2,23,25). The Morgan fingerprint density at radius 1 is 0.931 bits per heavy atom. The largest absolute Gasteiger partial charge is 0.384 e. The highest BCUT2D eigenvalue weighted by molar-refractivity contribution is 5.79. The van der Waals surface area contributed by atoms with Gasteiger partial charge in [-0.2, -0.15) is 0 Å². The van der Waals surface area contributed by atoms with Crippen LogP contribution in [0.4, 0.5) is 5.82 Å². The van der Waals surface area contributed by atoms with Crippen LogP contribution >= 0.6 is 0 Å². The zero-order chi connectivity index (χ0) is 20.1. The van der Waals surface area contributed by atoms with Crippen LogP contribution in [0.3, 0.4) is 0 Å². The molecule has 2 aromatic heterocycles. The minimum atomic E-state index is 0.163. The number of hydrogen-bond acceptors (Lipinski definition) is 6. The molecule has 2 aliphatic heterocycles. The normalized spacial score (nSPS) is 19.4. The molecule has 0 unspecified atom stereocenters. The van der Waals surface area contributed by atoms with Crippen molar-refractivity contribution in [2.45, 2.75) is 25.9 Å². The Morgan fingerprint density at radius 3 is 2.38 bits per heavy atom. The van der Waals surface area contributed by atoms with E-state index in [9.17, 15) is 4.79 Å². The van der Waals surface area contributed by atoms with Crippen molar-refractivity contribution < 1.29 is 4.79 Å². The van der Waals surface area contributed by atoms with Gasteiger partial charge >= 0.3 is 0 Å². The fourth-order valence-electron chi connectivity index (χ4n) is 4.29. The van der Waals surface area contributed by atoms with Gasteiger partial charge in [0.2, 0.25) is 5.91 Å². The molecule has 0 radical (unpaired) electrons. The fraction of sp³-hybridized carbons (Fsp3) is 0.500. The number of anilines is 1. The molecule has 2 aromatic rings. The lowest BCUT2D eigenvalue weighted by Crippen LogP contribution is -2.51. The zero-order valence-electron chi connectivity index (χ0n) is 16.9. The van der Waals surface area contributed by atoms with Crippen molar-refractivity contribution >= 4 is 11.7 Å². The Bertz CT molecular complexity index is 798. The number of piperidine rings is 1. The van der Waals surface area contributed by atoms with Crippen molar-refractivity contribution in [3.05, 3.63) is 54.0 Å². The van der Waals surface area contributed by atoms with Crippen LogP contribution in [0, 0.1) is 5.92 Å². The van der Waals surface area contributed by atoms with Crippen LogP contribution in [-0.2, 0) is 17.9 Å². The smallest absolute Gasteiger partial charge is 0.225 e. The maximum Gasteiger partial charge on any atom is 0.225 e. The van der Waals surface area contributed by atoms with Crippen LogP contribution in [0.5, 0.6) is 0 Å². The number of nitrogens with zero attached hydrogens (tertiary/aromatic N) is 5. The summed E-state index contributed by atoms with van der Waals surface area (Å²) in [5.74, 6) is 1.07. The minimum Gasteiger partial charge on any atom is -0.384 e. The summed E-state index contributed by atoms with van der Waals surface area (Å²) in [7, 11) is 0. The number of aromatic nitrogens is 2. The summed E-state index contributed by atoms with van der Waals surface area (Å²) in [4.78, 5) is 28.3. The van der Waals surface area contributed by atoms with Gasteiger partial charge in [-0.1, -0.05) is 6.07 Å². The van der Waals surface area contributed by atoms with E-state index in [1.165, 1.54) is 5.56 Å². The summed E-state index contributed by atoms with van der Waals surface area (Å²) >= 11 is 0. The highest BCUT2D eigenvalue weighted by Crippen LogP contribution is 2.22. The van der Waals surface area contributed by atoms with E-state index in [0.717, 1.165) is 70.9 Å². The average molecular weight is 395 g/mol. The molecular weight excluding hydrogens is 364 g/mol. The predicted octanol–water partition coefficient (Wildman–Crippen LogP) is 1.62. The molecule has 0 bridgehead atoms. The van der Waals surface area contributed by atoms with E-state index >= 15 is 0 Å². The number of pyridine rings is 2. The molecule has 0 atom stereocenters. The molecule has 0 saturated carbocycles. The Labute approximate surface area is 172 Å². The van der Waals surface area contributed by atoms with Crippen molar-refractivity contribution in [3.63, 3.8) is 0 Å². The van der Waals surface area contributed by atoms with Crippen LogP contribution < -0.4 is 5.73 Å². The third kappa shape index (κ3) is 5.31. The molecule has 1 amide bonds. The molecule has 4 rings (SSSR count). The number of nitrogen functional groups attached to an aromatic ring is 1. The second-order valence-electron chi connectivity index (χ2n) is 8.06. The molecule has 0 spiro atoms. The number of likely N-dealkylation sites (tertiary alicyclic amines) is 1. The molecule has 29 heavy (non-hydrogen) atoms. The Hall–Kier alpha value is -2.51. The van der Waals surface area contributed by atoms with Gasteiger partial charge in [0, 0.05) is 57.6 Å². The maximum absolute atomic E-state index is 13.0. The molecule has 2 saturated heterocycles. The molecule has 0 aliphatic carbocycles. The molecule has 7 nitrogen and oxygen atoms in total. The number of hydrogen-bond donors (Lipinski definition) is 1.